The number of piperazine rings is 1. The number of nitrogens with zero attached hydrogens (tertiary/aromatic N) is 9. The molecule has 1 saturated heterocycles. The molecule has 0 spiro atoms. The lowest BCUT2D eigenvalue weighted by atomic mass is 10.2. The van der Waals surface area contributed by atoms with E-state index in [4.69, 9.17) is 0 Å². The molecule has 0 atom stereocenters. The number of anilines is 2. The molecule has 5 rings (SSSR count). The van der Waals surface area contributed by atoms with Gasteiger partial charge in [-0.1, -0.05) is 0 Å². The second-order valence-electron chi connectivity index (χ2n) is 6.70. The third-order valence-electron chi connectivity index (χ3n) is 4.96. The van der Waals surface area contributed by atoms with Crippen LogP contribution < -0.4 is 9.80 Å². The monoisotopic (exact) mass is 373 g/mol. The quantitative estimate of drug-likeness (QED) is 0.535. The van der Waals surface area contributed by atoms with Crippen molar-refractivity contribution >= 4 is 17.3 Å². The first-order valence-corrected chi connectivity index (χ1v) is 9.21. The summed E-state index contributed by atoms with van der Waals surface area (Å²) in [5, 5.41) is 21.6. The molecule has 0 radical (unpaired) electrons. The number of pyridine rings is 1. The molecule has 0 N–H and O–H groups in total. The van der Waals surface area contributed by atoms with Gasteiger partial charge in [0, 0.05) is 44.1 Å². The summed E-state index contributed by atoms with van der Waals surface area (Å²) < 4.78 is 1.78. The summed E-state index contributed by atoms with van der Waals surface area (Å²) in [6.07, 6.45) is 3.52. The highest BCUT2D eigenvalue weighted by molar-refractivity contribution is 5.59. The molecule has 9 heteroatoms. The lowest BCUT2D eigenvalue weighted by Crippen LogP contribution is -2.47. The van der Waals surface area contributed by atoms with E-state index in [1.54, 1.807) is 16.9 Å². The summed E-state index contributed by atoms with van der Waals surface area (Å²) in [6, 6.07) is 11.9. The van der Waals surface area contributed by atoms with Gasteiger partial charge in [0.2, 0.25) is 0 Å². The van der Waals surface area contributed by atoms with E-state index in [-0.39, 0.29) is 0 Å². The molecule has 1 fully saturated rings. The maximum atomic E-state index is 4.67. The molecule has 0 unspecified atom stereocenters. The van der Waals surface area contributed by atoms with E-state index in [9.17, 15) is 0 Å². The fraction of sp³-hybridized carbons (Fsp3) is 0.263. The Morgan fingerprint density at radius 2 is 1.43 bits per heavy atom. The van der Waals surface area contributed by atoms with Gasteiger partial charge in [0.05, 0.1) is 5.69 Å². The van der Waals surface area contributed by atoms with Crippen molar-refractivity contribution in [2.75, 3.05) is 36.0 Å². The van der Waals surface area contributed by atoms with Gasteiger partial charge in [-0.3, -0.25) is 4.98 Å². The lowest BCUT2D eigenvalue weighted by Gasteiger charge is -2.35. The zero-order valence-corrected chi connectivity index (χ0v) is 15.5. The average molecular weight is 373 g/mol. The molecule has 4 aromatic rings. The third-order valence-corrected chi connectivity index (χ3v) is 4.96. The molecule has 5 heterocycles. The maximum Gasteiger partial charge on any atom is 0.178 e. The highest BCUT2D eigenvalue weighted by atomic mass is 15.4. The van der Waals surface area contributed by atoms with E-state index in [0.717, 1.165) is 60.5 Å². The van der Waals surface area contributed by atoms with Crippen molar-refractivity contribution in [1.82, 2.24) is 35.0 Å². The average Bonchev–Trinajstić information content (AvgIpc) is 3.15. The molecule has 0 aliphatic carbocycles. The van der Waals surface area contributed by atoms with Crippen LogP contribution in [-0.2, 0) is 0 Å². The molecule has 1 aliphatic rings. The summed E-state index contributed by atoms with van der Waals surface area (Å²) >= 11 is 0. The van der Waals surface area contributed by atoms with Crippen LogP contribution >= 0.6 is 0 Å². The van der Waals surface area contributed by atoms with Gasteiger partial charge < -0.3 is 9.80 Å². The van der Waals surface area contributed by atoms with Gasteiger partial charge in [-0.15, -0.1) is 25.5 Å². The summed E-state index contributed by atoms with van der Waals surface area (Å²) in [5.41, 5.74) is 2.64. The van der Waals surface area contributed by atoms with E-state index < -0.39 is 0 Å². The van der Waals surface area contributed by atoms with Crippen LogP contribution in [0.2, 0.25) is 0 Å². The molecule has 4 aromatic heterocycles. The third kappa shape index (κ3) is 3.00. The summed E-state index contributed by atoms with van der Waals surface area (Å²) in [6.45, 7) is 5.37. The maximum absolute atomic E-state index is 4.67. The largest absolute Gasteiger partial charge is 0.352 e. The Morgan fingerprint density at radius 1 is 0.714 bits per heavy atom. The Hall–Kier alpha value is -3.62. The van der Waals surface area contributed by atoms with Gasteiger partial charge in [0.1, 0.15) is 5.82 Å². The number of hydrogen-bond acceptors (Lipinski definition) is 8. The molecule has 140 valence electrons. The van der Waals surface area contributed by atoms with Crippen LogP contribution in [0.4, 0.5) is 11.6 Å². The van der Waals surface area contributed by atoms with Crippen molar-refractivity contribution in [2.24, 2.45) is 0 Å². The molecule has 0 aromatic carbocycles. The molecule has 9 nitrogen and oxygen atoms in total. The zero-order chi connectivity index (χ0) is 18.9. The minimum absolute atomic E-state index is 0.768. The molecule has 0 amide bonds. The molecule has 1 aliphatic heterocycles. The van der Waals surface area contributed by atoms with Gasteiger partial charge in [-0.05, 0) is 43.3 Å². The minimum atomic E-state index is 0.768. The zero-order valence-electron chi connectivity index (χ0n) is 15.5. The first-order valence-electron chi connectivity index (χ1n) is 9.21. The Balaban J connectivity index is 1.28. The van der Waals surface area contributed by atoms with Crippen molar-refractivity contribution in [3.05, 3.63) is 54.6 Å². The van der Waals surface area contributed by atoms with Gasteiger partial charge >= 0.3 is 0 Å². The van der Waals surface area contributed by atoms with E-state index in [1.807, 2.05) is 43.3 Å². The number of aryl methyl sites for hydroxylation is 1. The van der Waals surface area contributed by atoms with E-state index in [0.29, 0.717) is 0 Å². The van der Waals surface area contributed by atoms with Crippen molar-refractivity contribution in [1.29, 1.82) is 0 Å². The van der Waals surface area contributed by atoms with E-state index in [2.05, 4.69) is 40.3 Å². The van der Waals surface area contributed by atoms with Crippen LogP contribution in [0.5, 0.6) is 0 Å². The summed E-state index contributed by atoms with van der Waals surface area (Å²) in [5.74, 6) is 2.63. The summed E-state index contributed by atoms with van der Waals surface area (Å²) in [7, 11) is 0. The van der Waals surface area contributed by atoms with Gasteiger partial charge in [0.15, 0.2) is 17.3 Å². The number of aromatic nitrogens is 7. The second kappa shape index (κ2) is 6.84. The van der Waals surface area contributed by atoms with Crippen molar-refractivity contribution in [3.63, 3.8) is 0 Å². The Kier molecular flexibility index (Phi) is 4.04. The van der Waals surface area contributed by atoms with Crippen molar-refractivity contribution in [2.45, 2.75) is 6.92 Å². The highest BCUT2D eigenvalue weighted by Crippen LogP contribution is 2.20. The minimum Gasteiger partial charge on any atom is -0.352 e. The fourth-order valence-electron chi connectivity index (χ4n) is 3.39. The van der Waals surface area contributed by atoms with Gasteiger partial charge in [-0.25, -0.2) is 0 Å². The first-order chi connectivity index (χ1) is 13.8. The predicted molar refractivity (Wildman–Crippen MR) is 105 cm³/mol. The van der Waals surface area contributed by atoms with E-state index in [1.165, 1.54) is 0 Å². The standard InChI is InChI=1S/C19H19N9/c1-14-21-24-18-4-5-19(25-28(14)18)27-12-10-26(11-13-27)17-3-2-16(22-23-17)15-6-8-20-9-7-15/h2-9H,10-13H2,1H3. The Labute approximate surface area is 161 Å². The van der Waals surface area contributed by atoms with Crippen LogP contribution in [0, 0.1) is 6.92 Å². The number of rotatable bonds is 3. The molecule has 28 heavy (non-hydrogen) atoms. The van der Waals surface area contributed by atoms with Crippen molar-refractivity contribution in [3.8, 4) is 11.3 Å². The predicted octanol–water partition coefficient (Wildman–Crippen LogP) is 1.61. The van der Waals surface area contributed by atoms with Crippen LogP contribution in [0.25, 0.3) is 16.9 Å². The SMILES string of the molecule is Cc1nnc2ccc(N3CCN(c4ccc(-c5ccncc5)nn4)CC3)nn12. The Bertz CT molecular complexity index is 1080. The van der Waals surface area contributed by atoms with Gasteiger partial charge in [0.25, 0.3) is 0 Å². The summed E-state index contributed by atoms with van der Waals surface area (Å²) in [4.78, 5) is 8.56. The first kappa shape index (κ1) is 16.5. The molecule has 0 saturated carbocycles. The van der Waals surface area contributed by atoms with Crippen molar-refractivity contribution < 1.29 is 0 Å². The van der Waals surface area contributed by atoms with Crippen LogP contribution in [0.1, 0.15) is 5.82 Å². The highest BCUT2D eigenvalue weighted by Gasteiger charge is 2.20. The Morgan fingerprint density at radius 3 is 2.14 bits per heavy atom. The second-order valence-corrected chi connectivity index (χ2v) is 6.70. The fourth-order valence-corrected chi connectivity index (χ4v) is 3.39. The van der Waals surface area contributed by atoms with Gasteiger partial charge in [-0.2, -0.15) is 4.52 Å². The van der Waals surface area contributed by atoms with E-state index >= 15 is 0 Å². The molecule has 0 bridgehead atoms. The normalized spacial score (nSPS) is 14.6. The van der Waals surface area contributed by atoms with Crippen LogP contribution in [-0.4, -0.2) is 61.2 Å². The smallest absolute Gasteiger partial charge is 0.178 e. The lowest BCUT2D eigenvalue weighted by molar-refractivity contribution is 0.632. The molecular weight excluding hydrogens is 354 g/mol. The van der Waals surface area contributed by atoms with Crippen LogP contribution in [0.15, 0.2) is 48.8 Å². The number of fused-ring (bicyclic) bond motifs is 1. The molecular formula is C19H19N9. The topological polar surface area (TPSA) is 88.2 Å². The number of hydrogen-bond donors (Lipinski definition) is 0. The van der Waals surface area contributed by atoms with Crippen LogP contribution in [0.3, 0.4) is 0 Å².